The van der Waals surface area contributed by atoms with Crippen LogP contribution in [0.25, 0.3) is 0 Å². The molecule has 0 fully saturated rings. The zero-order valence-corrected chi connectivity index (χ0v) is 13.1. The van der Waals surface area contributed by atoms with Crippen molar-refractivity contribution in [2.45, 2.75) is 17.9 Å². The number of esters is 1. The molecule has 1 aromatic rings. The van der Waals surface area contributed by atoms with Gasteiger partial charge in [0.1, 0.15) is 16.8 Å². The van der Waals surface area contributed by atoms with Crippen LogP contribution in [0, 0.1) is 5.82 Å². The number of carbonyl (C=O) groups is 1. The van der Waals surface area contributed by atoms with Crippen LogP contribution < -0.4 is 5.14 Å². The molecule has 0 bridgehead atoms. The van der Waals surface area contributed by atoms with E-state index in [1.807, 2.05) is 0 Å². The Bertz CT molecular complexity index is 619. The van der Waals surface area contributed by atoms with Crippen molar-refractivity contribution < 1.29 is 27.1 Å². The fourth-order valence-electron chi connectivity index (χ4n) is 1.42. The summed E-state index contributed by atoms with van der Waals surface area (Å²) in [4.78, 5) is 11.1. The summed E-state index contributed by atoms with van der Waals surface area (Å²) in [6.07, 6.45) is -0.539. The zero-order chi connectivity index (χ0) is 15.5. The van der Waals surface area contributed by atoms with E-state index in [0.717, 1.165) is 12.1 Å². The number of methoxy groups -OCH3 is 1. The predicted octanol–water partition coefficient (Wildman–Crippen LogP) is 1.43. The SMILES string of the molecule is COCC(C)OC(=O)c1cc(S(N)(=O)=O)c(F)cc1Br. The molecule has 0 spiro atoms. The van der Waals surface area contributed by atoms with Crippen molar-refractivity contribution in [1.29, 1.82) is 0 Å². The summed E-state index contributed by atoms with van der Waals surface area (Å²) in [7, 11) is -2.83. The molecule has 9 heteroatoms. The highest BCUT2D eigenvalue weighted by Crippen LogP contribution is 2.24. The van der Waals surface area contributed by atoms with Crippen molar-refractivity contribution in [2.24, 2.45) is 5.14 Å². The summed E-state index contributed by atoms with van der Waals surface area (Å²) >= 11 is 2.97. The Balaban J connectivity index is 3.16. The van der Waals surface area contributed by atoms with Gasteiger partial charge in [-0.25, -0.2) is 22.7 Å². The number of primary sulfonamides is 1. The van der Waals surface area contributed by atoms with Gasteiger partial charge in [0, 0.05) is 11.6 Å². The third kappa shape index (κ3) is 4.23. The third-order valence-electron chi connectivity index (χ3n) is 2.26. The van der Waals surface area contributed by atoms with Crippen molar-refractivity contribution in [1.82, 2.24) is 0 Å². The summed E-state index contributed by atoms with van der Waals surface area (Å²) in [5, 5.41) is 4.87. The fourth-order valence-corrected chi connectivity index (χ4v) is 2.51. The first-order valence-corrected chi connectivity index (χ1v) is 7.72. The minimum absolute atomic E-state index is 0.0667. The number of hydrogen-bond acceptors (Lipinski definition) is 5. The number of benzene rings is 1. The third-order valence-corrected chi connectivity index (χ3v) is 3.84. The number of carbonyl (C=O) groups excluding carboxylic acids is 1. The highest BCUT2D eigenvalue weighted by molar-refractivity contribution is 9.10. The number of ether oxygens (including phenoxy) is 2. The van der Waals surface area contributed by atoms with E-state index in [0.29, 0.717) is 0 Å². The first kappa shape index (κ1) is 17.0. The second kappa shape index (κ2) is 6.61. The van der Waals surface area contributed by atoms with Gasteiger partial charge in [-0.2, -0.15) is 0 Å². The van der Waals surface area contributed by atoms with Crippen LogP contribution in [0.4, 0.5) is 4.39 Å². The fraction of sp³-hybridized carbons (Fsp3) is 0.364. The van der Waals surface area contributed by atoms with Gasteiger partial charge in [-0.05, 0) is 35.0 Å². The average molecular weight is 370 g/mol. The normalized spacial score (nSPS) is 13.1. The van der Waals surface area contributed by atoms with E-state index in [-0.39, 0.29) is 16.6 Å². The summed E-state index contributed by atoms with van der Waals surface area (Å²) in [5.41, 5.74) is -0.140. The largest absolute Gasteiger partial charge is 0.457 e. The Morgan fingerprint density at radius 2 is 2.10 bits per heavy atom. The van der Waals surface area contributed by atoms with Gasteiger partial charge in [0.05, 0.1) is 12.2 Å². The number of nitrogens with two attached hydrogens (primary N) is 1. The van der Waals surface area contributed by atoms with Gasteiger partial charge in [-0.1, -0.05) is 0 Å². The molecule has 0 saturated carbocycles. The van der Waals surface area contributed by atoms with Crippen LogP contribution >= 0.6 is 15.9 Å². The van der Waals surface area contributed by atoms with Crippen molar-refractivity contribution in [3.63, 3.8) is 0 Å². The minimum Gasteiger partial charge on any atom is -0.457 e. The van der Waals surface area contributed by atoms with Crippen LogP contribution in [0.15, 0.2) is 21.5 Å². The molecule has 0 aromatic heterocycles. The van der Waals surface area contributed by atoms with Crippen LogP contribution in [0.3, 0.4) is 0 Å². The summed E-state index contributed by atoms with van der Waals surface area (Å²) in [6.45, 7) is 1.77. The molecule has 6 nitrogen and oxygen atoms in total. The molecule has 1 unspecified atom stereocenters. The molecule has 0 saturated heterocycles. The molecule has 0 aliphatic rings. The molecule has 0 aliphatic heterocycles. The lowest BCUT2D eigenvalue weighted by molar-refractivity contribution is 0.0119. The number of sulfonamides is 1. The molecular formula is C11H13BrFNO5S. The molecule has 1 rings (SSSR count). The molecule has 0 aliphatic carbocycles. The average Bonchev–Trinajstić information content (AvgIpc) is 2.26. The highest BCUT2D eigenvalue weighted by atomic mass is 79.9. The molecule has 0 amide bonds. The molecule has 112 valence electrons. The molecule has 0 heterocycles. The smallest absolute Gasteiger partial charge is 0.339 e. The van der Waals surface area contributed by atoms with E-state index in [1.165, 1.54) is 7.11 Å². The van der Waals surface area contributed by atoms with Crippen molar-refractivity contribution in [3.05, 3.63) is 28.0 Å². The summed E-state index contributed by atoms with van der Waals surface area (Å²) in [5.74, 6) is -1.87. The van der Waals surface area contributed by atoms with Gasteiger partial charge in [0.25, 0.3) is 0 Å². The molecular weight excluding hydrogens is 357 g/mol. The quantitative estimate of drug-likeness (QED) is 0.791. The summed E-state index contributed by atoms with van der Waals surface area (Å²) in [6, 6.07) is 1.67. The summed E-state index contributed by atoms with van der Waals surface area (Å²) < 4.78 is 45.8. The lowest BCUT2D eigenvalue weighted by Crippen LogP contribution is -2.21. The van der Waals surface area contributed by atoms with Crippen molar-refractivity contribution in [3.8, 4) is 0 Å². The Morgan fingerprint density at radius 1 is 1.50 bits per heavy atom. The number of hydrogen-bond donors (Lipinski definition) is 1. The topological polar surface area (TPSA) is 95.7 Å². The van der Waals surface area contributed by atoms with E-state index in [1.54, 1.807) is 6.92 Å². The van der Waals surface area contributed by atoms with E-state index in [4.69, 9.17) is 14.6 Å². The van der Waals surface area contributed by atoms with Crippen LogP contribution in [0.2, 0.25) is 0 Å². The zero-order valence-electron chi connectivity index (χ0n) is 10.7. The van der Waals surface area contributed by atoms with Crippen LogP contribution in [-0.4, -0.2) is 34.2 Å². The lowest BCUT2D eigenvalue weighted by Gasteiger charge is -2.13. The van der Waals surface area contributed by atoms with Gasteiger partial charge < -0.3 is 9.47 Å². The van der Waals surface area contributed by atoms with E-state index in [2.05, 4.69) is 15.9 Å². The maximum Gasteiger partial charge on any atom is 0.339 e. The van der Waals surface area contributed by atoms with E-state index in [9.17, 15) is 17.6 Å². The van der Waals surface area contributed by atoms with Crippen LogP contribution in [0.5, 0.6) is 0 Å². The Hall–Kier alpha value is -1.03. The second-order valence-electron chi connectivity index (χ2n) is 3.98. The lowest BCUT2D eigenvalue weighted by atomic mass is 10.2. The van der Waals surface area contributed by atoms with Crippen molar-refractivity contribution >= 4 is 31.9 Å². The van der Waals surface area contributed by atoms with Gasteiger partial charge in [0.2, 0.25) is 10.0 Å². The number of halogens is 2. The van der Waals surface area contributed by atoms with Gasteiger partial charge in [-0.15, -0.1) is 0 Å². The Labute approximate surface area is 124 Å². The van der Waals surface area contributed by atoms with Gasteiger partial charge >= 0.3 is 5.97 Å². The number of rotatable bonds is 5. The van der Waals surface area contributed by atoms with E-state index >= 15 is 0 Å². The van der Waals surface area contributed by atoms with Crippen LogP contribution in [-0.2, 0) is 19.5 Å². The molecule has 20 heavy (non-hydrogen) atoms. The maximum absolute atomic E-state index is 13.5. The molecule has 2 N–H and O–H groups in total. The molecule has 1 aromatic carbocycles. The monoisotopic (exact) mass is 369 g/mol. The van der Waals surface area contributed by atoms with Gasteiger partial charge in [-0.3, -0.25) is 0 Å². The van der Waals surface area contributed by atoms with Crippen molar-refractivity contribution in [2.75, 3.05) is 13.7 Å². The Kier molecular flexibility index (Phi) is 5.63. The Morgan fingerprint density at radius 3 is 2.60 bits per heavy atom. The van der Waals surface area contributed by atoms with Gasteiger partial charge in [0.15, 0.2) is 0 Å². The molecule has 0 radical (unpaired) electrons. The highest BCUT2D eigenvalue weighted by Gasteiger charge is 2.22. The first-order valence-electron chi connectivity index (χ1n) is 5.38. The molecule has 1 atom stereocenters. The minimum atomic E-state index is -4.27. The standard InChI is InChI=1S/C11H13BrFNO5S/c1-6(5-18-2)19-11(15)7-3-10(20(14,16)17)9(13)4-8(7)12/h3-4,6H,5H2,1-2H3,(H2,14,16,17). The predicted molar refractivity (Wildman–Crippen MR) is 72.2 cm³/mol. The first-order chi connectivity index (χ1) is 9.16. The second-order valence-corrected chi connectivity index (χ2v) is 6.36. The maximum atomic E-state index is 13.5. The van der Waals surface area contributed by atoms with E-state index < -0.39 is 32.8 Å². The van der Waals surface area contributed by atoms with Crippen LogP contribution in [0.1, 0.15) is 17.3 Å².